The van der Waals surface area contributed by atoms with Crippen molar-refractivity contribution in [3.8, 4) is 0 Å². The molecule has 1 aromatic rings. The number of aryl methyl sites for hydroxylation is 1. The van der Waals surface area contributed by atoms with Crippen molar-refractivity contribution in [3.63, 3.8) is 0 Å². The third kappa shape index (κ3) is 7.94. The quantitative estimate of drug-likeness (QED) is 0.614. The van der Waals surface area contributed by atoms with Crippen molar-refractivity contribution in [2.75, 3.05) is 32.1 Å². The smallest absolute Gasteiger partial charge is 0.211 e. The van der Waals surface area contributed by atoms with E-state index in [1.807, 2.05) is 30.3 Å². The molecule has 6 heteroatoms. The topological polar surface area (TPSA) is 81.4 Å². The molecular formula is C13H22N2O3S. The summed E-state index contributed by atoms with van der Waals surface area (Å²) in [5, 5.41) is 0. The first-order chi connectivity index (χ1) is 9.14. The lowest BCUT2D eigenvalue weighted by Gasteiger charge is -2.07. The number of ether oxygens (including phenoxy) is 1. The van der Waals surface area contributed by atoms with Crippen LogP contribution in [0.2, 0.25) is 0 Å². The van der Waals surface area contributed by atoms with Crippen molar-refractivity contribution in [1.82, 2.24) is 4.72 Å². The maximum absolute atomic E-state index is 11.7. The largest absolute Gasteiger partial charge is 0.380 e. The molecule has 0 radical (unpaired) electrons. The number of nitrogens with one attached hydrogen (secondary N) is 1. The second-order valence-electron chi connectivity index (χ2n) is 4.20. The van der Waals surface area contributed by atoms with Gasteiger partial charge in [-0.05, 0) is 18.4 Å². The van der Waals surface area contributed by atoms with Gasteiger partial charge in [0.05, 0.1) is 12.4 Å². The van der Waals surface area contributed by atoms with Crippen molar-refractivity contribution in [3.05, 3.63) is 35.9 Å². The van der Waals surface area contributed by atoms with Crippen LogP contribution < -0.4 is 10.5 Å². The molecule has 0 aliphatic carbocycles. The fourth-order valence-electron chi connectivity index (χ4n) is 1.56. The summed E-state index contributed by atoms with van der Waals surface area (Å²) in [6, 6.07) is 9.58. The summed E-state index contributed by atoms with van der Waals surface area (Å²) in [6.07, 6.45) is 1.18. The third-order valence-electron chi connectivity index (χ3n) is 2.55. The Bertz CT molecular complexity index is 434. The highest BCUT2D eigenvalue weighted by Crippen LogP contribution is 2.01. The first kappa shape index (κ1) is 16.1. The number of hydrogen-bond donors (Lipinski definition) is 2. The molecule has 0 spiro atoms. The minimum Gasteiger partial charge on any atom is -0.380 e. The molecule has 0 atom stereocenters. The number of sulfonamides is 1. The fraction of sp³-hybridized carbons (Fsp3) is 0.538. The maximum atomic E-state index is 11.7. The van der Waals surface area contributed by atoms with Crippen LogP contribution in [-0.4, -0.2) is 40.5 Å². The van der Waals surface area contributed by atoms with E-state index in [1.54, 1.807) is 0 Å². The summed E-state index contributed by atoms with van der Waals surface area (Å²) >= 11 is 0. The molecule has 0 bridgehead atoms. The Balaban J connectivity index is 2.17. The predicted octanol–water partition coefficient (Wildman–Crippen LogP) is 0.514. The van der Waals surface area contributed by atoms with E-state index in [9.17, 15) is 8.42 Å². The number of hydrogen-bond acceptors (Lipinski definition) is 4. The van der Waals surface area contributed by atoms with Gasteiger partial charge in [-0.1, -0.05) is 30.3 Å². The van der Waals surface area contributed by atoms with Crippen LogP contribution in [0.5, 0.6) is 0 Å². The first-order valence-corrected chi connectivity index (χ1v) is 8.08. The van der Waals surface area contributed by atoms with Crippen LogP contribution in [0.4, 0.5) is 0 Å². The van der Waals surface area contributed by atoms with Crippen LogP contribution in [0, 0.1) is 0 Å². The molecule has 0 unspecified atom stereocenters. The minimum absolute atomic E-state index is 0.112. The predicted molar refractivity (Wildman–Crippen MR) is 76.4 cm³/mol. The summed E-state index contributed by atoms with van der Waals surface area (Å²) in [4.78, 5) is 0. The summed E-state index contributed by atoms with van der Waals surface area (Å²) in [5.74, 6) is 0.112. The van der Waals surface area contributed by atoms with E-state index >= 15 is 0 Å². The molecular weight excluding hydrogens is 264 g/mol. The molecule has 0 aromatic heterocycles. The zero-order valence-corrected chi connectivity index (χ0v) is 11.9. The number of rotatable bonds is 10. The average Bonchev–Trinajstić information content (AvgIpc) is 2.42. The highest BCUT2D eigenvalue weighted by molar-refractivity contribution is 7.89. The lowest BCUT2D eigenvalue weighted by atomic mass is 10.2. The number of nitrogens with two attached hydrogens (primary N) is 1. The summed E-state index contributed by atoms with van der Waals surface area (Å²) in [6.45, 7) is 1.93. The van der Waals surface area contributed by atoms with Crippen LogP contribution in [0.3, 0.4) is 0 Å². The van der Waals surface area contributed by atoms with E-state index < -0.39 is 10.0 Å². The highest BCUT2D eigenvalue weighted by atomic mass is 32.2. The summed E-state index contributed by atoms with van der Waals surface area (Å²) in [7, 11) is -3.20. The van der Waals surface area contributed by atoms with Gasteiger partial charge < -0.3 is 10.5 Å². The standard InChI is InChI=1S/C13H22N2O3S/c14-8-11-18-10-4-9-15-19(16,17)12-7-13-5-2-1-3-6-13/h1-3,5-6,15H,4,7-12,14H2. The molecule has 0 amide bonds. The molecule has 108 valence electrons. The molecule has 1 rings (SSSR count). The van der Waals surface area contributed by atoms with E-state index in [1.165, 1.54) is 0 Å². The van der Waals surface area contributed by atoms with Gasteiger partial charge in [0.25, 0.3) is 0 Å². The van der Waals surface area contributed by atoms with Crippen LogP contribution in [0.25, 0.3) is 0 Å². The minimum atomic E-state index is -3.20. The second kappa shape index (κ2) is 9.03. The average molecular weight is 286 g/mol. The van der Waals surface area contributed by atoms with Gasteiger partial charge in [0.2, 0.25) is 10.0 Å². The molecule has 5 nitrogen and oxygen atoms in total. The van der Waals surface area contributed by atoms with Crippen LogP contribution in [-0.2, 0) is 21.2 Å². The van der Waals surface area contributed by atoms with Gasteiger partial charge in [0.1, 0.15) is 0 Å². The van der Waals surface area contributed by atoms with Gasteiger partial charge >= 0.3 is 0 Å². The molecule has 0 aliphatic rings. The van der Waals surface area contributed by atoms with Gasteiger partial charge in [0.15, 0.2) is 0 Å². The van der Waals surface area contributed by atoms with Crippen LogP contribution >= 0.6 is 0 Å². The molecule has 19 heavy (non-hydrogen) atoms. The van der Waals surface area contributed by atoms with Gasteiger partial charge in [0, 0.05) is 19.7 Å². The summed E-state index contributed by atoms with van der Waals surface area (Å²) < 4.78 is 31.2. The van der Waals surface area contributed by atoms with E-state index in [0.717, 1.165) is 5.56 Å². The second-order valence-corrected chi connectivity index (χ2v) is 6.13. The normalized spacial score (nSPS) is 11.6. The van der Waals surface area contributed by atoms with Gasteiger partial charge in [-0.2, -0.15) is 0 Å². The highest BCUT2D eigenvalue weighted by Gasteiger charge is 2.09. The van der Waals surface area contributed by atoms with Crippen molar-refractivity contribution in [1.29, 1.82) is 0 Å². The van der Waals surface area contributed by atoms with Crippen LogP contribution in [0.1, 0.15) is 12.0 Å². The van der Waals surface area contributed by atoms with Crippen molar-refractivity contribution < 1.29 is 13.2 Å². The fourth-order valence-corrected chi connectivity index (χ4v) is 2.66. The SMILES string of the molecule is NCCOCCCNS(=O)(=O)CCc1ccccc1. The molecule has 0 fully saturated rings. The Morgan fingerprint density at radius 3 is 2.58 bits per heavy atom. The van der Waals surface area contributed by atoms with E-state index in [4.69, 9.17) is 10.5 Å². The Morgan fingerprint density at radius 2 is 1.89 bits per heavy atom. The Morgan fingerprint density at radius 1 is 1.16 bits per heavy atom. The van der Waals surface area contributed by atoms with Gasteiger partial charge in [-0.3, -0.25) is 0 Å². The van der Waals surface area contributed by atoms with Crippen molar-refractivity contribution >= 4 is 10.0 Å². The van der Waals surface area contributed by atoms with E-state index in [2.05, 4.69) is 4.72 Å². The van der Waals surface area contributed by atoms with Crippen molar-refractivity contribution in [2.45, 2.75) is 12.8 Å². The van der Waals surface area contributed by atoms with Crippen molar-refractivity contribution in [2.24, 2.45) is 5.73 Å². The van der Waals surface area contributed by atoms with Gasteiger partial charge in [-0.25, -0.2) is 13.1 Å². The zero-order chi connectivity index (χ0) is 14.0. The van der Waals surface area contributed by atoms with Crippen LogP contribution in [0.15, 0.2) is 30.3 Å². The molecule has 0 aliphatic heterocycles. The summed E-state index contributed by atoms with van der Waals surface area (Å²) in [5.41, 5.74) is 6.30. The Hall–Kier alpha value is -0.950. The first-order valence-electron chi connectivity index (χ1n) is 6.43. The maximum Gasteiger partial charge on any atom is 0.211 e. The lowest BCUT2D eigenvalue weighted by Crippen LogP contribution is -2.29. The third-order valence-corrected chi connectivity index (χ3v) is 3.94. The molecule has 1 aromatic carbocycles. The monoisotopic (exact) mass is 286 g/mol. The molecule has 0 saturated heterocycles. The molecule has 0 saturated carbocycles. The Kier molecular flexibility index (Phi) is 7.66. The molecule has 3 N–H and O–H groups in total. The van der Waals surface area contributed by atoms with E-state index in [0.29, 0.717) is 39.1 Å². The lowest BCUT2D eigenvalue weighted by molar-refractivity contribution is 0.140. The van der Waals surface area contributed by atoms with E-state index in [-0.39, 0.29) is 5.75 Å². The van der Waals surface area contributed by atoms with Gasteiger partial charge in [-0.15, -0.1) is 0 Å². The molecule has 0 heterocycles. The Labute approximate surface area is 115 Å². The number of benzene rings is 1. The zero-order valence-electron chi connectivity index (χ0n) is 11.0.